The van der Waals surface area contributed by atoms with E-state index >= 15 is 0 Å². The Labute approximate surface area is 170 Å². The summed E-state index contributed by atoms with van der Waals surface area (Å²) in [4.78, 5) is 11.2. The van der Waals surface area contributed by atoms with Crippen molar-refractivity contribution in [2.24, 2.45) is 46.3 Å². The molecule has 0 aliphatic heterocycles. The van der Waals surface area contributed by atoms with Gasteiger partial charge in [0.25, 0.3) is 5.79 Å². The molecule has 0 radical (unpaired) electrons. The number of aliphatic hydroxyl groups is 2. The summed E-state index contributed by atoms with van der Waals surface area (Å²) in [7, 11) is 0. The Morgan fingerprint density at radius 2 is 1.68 bits per heavy atom. The minimum absolute atomic E-state index is 0.0132. The summed E-state index contributed by atoms with van der Waals surface area (Å²) in [6.07, 6.45) is 13.3. The second-order valence-electron chi connectivity index (χ2n) is 11.4. The van der Waals surface area contributed by atoms with Crippen molar-refractivity contribution >= 4 is 5.97 Å². The van der Waals surface area contributed by atoms with Gasteiger partial charge in [-0.1, -0.05) is 33.6 Å². The van der Waals surface area contributed by atoms with Crippen LogP contribution < -0.4 is 0 Å². The van der Waals surface area contributed by atoms with E-state index in [1.165, 1.54) is 57.8 Å². The summed E-state index contributed by atoms with van der Waals surface area (Å²) in [5.41, 5.74) is 0.772. The quantitative estimate of drug-likeness (QED) is 0.599. The van der Waals surface area contributed by atoms with Gasteiger partial charge in [-0.2, -0.15) is 0 Å². The molecule has 4 nitrogen and oxygen atoms in total. The topological polar surface area (TPSA) is 77.8 Å². The highest BCUT2D eigenvalue weighted by atomic mass is 16.5. The van der Waals surface area contributed by atoms with Crippen LogP contribution in [0.25, 0.3) is 0 Å². The summed E-state index contributed by atoms with van der Waals surface area (Å²) in [6.45, 7) is 7.08. The third-order valence-corrected chi connectivity index (χ3v) is 10.3. The van der Waals surface area contributed by atoms with Gasteiger partial charge in [-0.3, -0.25) is 0 Å². The summed E-state index contributed by atoms with van der Waals surface area (Å²) in [6, 6.07) is 0. The molecule has 0 amide bonds. The average molecular weight is 393 g/mol. The van der Waals surface area contributed by atoms with Crippen molar-refractivity contribution in [3.8, 4) is 0 Å². The molecule has 0 bridgehead atoms. The van der Waals surface area contributed by atoms with Crippen LogP contribution in [0.2, 0.25) is 0 Å². The Balaban J connectivity index is 1.53. The van der Waals surface area contributed by atoms with Crippen molar-refractivity contribution < 1.29 is 20.1 Å². The Morgan fingerprint density at radius 3 is 2.39 bits per heavy atom. The van der Waals surface area contributed by atoms with Gasteiger partial charge in [0.05, 0.1) is 0 Å². The van der Waals surface area contributed by atoms with E-state index in [1.807, 2.05) is 6.92 Å². The molecule has 4 aliphatic carbocycles. The molecule has 28 heavy (non-hydrogen) atoms. The SMILES string of the molecule is C[C@H](CC(O)(O)C(=O)O)[C@H]1CC[C@H]2[C@@H]3CC[C@@H]4CCCC[C@]4(C)[C@H]3CC[C@]12C. The Bertz CT molecular complexity index is 616. The largest absolute Gasteiger partial charge is 0.477 e. The number of carbonyl (C=O) groups is 1. The fraction of sp³-hybridized carbons (Fsp3) is 0.958. The van der Waals surface area contributed by atoms with E-state index in [0.29, 0.717) is 11.3 Å². The molecule has 4 rings (SSSR count). The summed E-state index contributed by atoms with van der Waals surface area (Å²) in [5.74, 6) is -0.356. The van der Waals surface area contributed by atoms with Gasteiger partial charge in [0.2, 0.25) is 0 Å². The lowest BCUT2D eigenvalue weighted by Crippen LogP contribution is -2.53. The van der Waals surface area contributed by atoms with Crippen LogP contribution >= 0.6 is 0 Å². The number of carboxylic acid groups (broad SMARTS) is 1. The summed E-state index contributed by atoms with van der Waals surface area (Å²) >= 11 is 0. The van der Waals surface area contributed by atoms with Crippen LogP contribution in [0.1, 0.15) is 91.4 Å². The molecule has 8 atom stereocenters. The third-order valence-electron chi connectivity index (χ3n) is 10.3. The maximum Gasteiger partial charge on any atom is 0.364 e. The van der Waals surface area contributed by atoms with E-state index in [9.17, 15) is 15.0 Å². The fourth-order valence-electron chi connectivity index (χ4n) is 8.95. The first-order valence-electron chi connectivity index (χ1n) is 11.8. The van der Waals surface area contributed by atoms with Gasteiger partial charge in [0.1, 0.15) is 0 Å². The van der Waals surface area contributed by atoms with Gasteiger partial charge in [-0.25, -0.2) is 4.79 Å². The van der Waals surface area contributed by atoms with E-state index in [-0.39, 0.29) is 17.8 Å². The van der Waals surface area contributed by atoms with Crippen molar-refractivity contribution in [2.45, 2.75) is 97.2 Å². The van der Waals surface area contributed by atoms with Gasteiger partial charge >= 0.3 is 5.97 Å². The highest BCUT2D eigenvalue weighted by molar-refractivity contribution is 5.74. The summed E-state index contributed by atoms with van der Waals surface area (Å²) < 4.78 is 0. The van der Waals surface area contributed by atoms with E-state index in [4.69, 9.17) is 5.11 Å². The normalized spacial score (nSPS) is 47.0. The van der Waals surface area contributed by atoms with Crippen molar-refractivity contribution in [3.63, 3.8) is 0 Å². The van der Waals surface area contributed by atoms with Crippen LogP contribution in [0.15, 0.2) is 0 Å². The molecular weight excluding hydrogens is 352 g/mol. The maximum atomic E-state index is 11.2. The lowest BCUT2D eigenvalue weighted by atomic mass is 9.44. The van der Waals surface area contributed by atoms with E-state index in [2.05, 4.69) is 13.8 Å². The molecule has 4 heteroatoms. The number of hydrogen-bond donors (Lipinski definition) is 3. The van der Waals surface area contributed by atoms with E-state index in [1.54, 1.807) is 0 Å². The van der Waals surface area contributed by atoms with Crippen molar-refractivity contribution in [1.82, 2.24) is 0 Å². The molecule has 4 saturated carbocycles. The lowest BCUT2D eigenvalue weighted by Gasteiger charge is -2.61. The number of fused-ring (bicyclic) bond motifs is 5. The summed E-state index contributed by atoms with van der Waals surface area (Å²) in [5, 5.41) is 28.9. The van der Waals surface area contributed by atoms with Crippen LogP contribution in [0.5, 0.6) is 0 Å². The van der Waals surface area contributed by atoms with Crippen molar-refractivity contribution in [3.05, 3.63) is 0 Å². The number of carboxylic acids is 1. The average Bonchev–Trinajstić information content (AvgIpc) is 2.98. The minimum atomic E-state index is -2.60. The molecule has 4 aliphatic rings. The minimum Gasteiger partial charge on any atom is -0.477 e. The first-order chi connectivity index (χ1) is 13.1. The molecule has 0 aromatic carbocycles. The molecule has 0 aromatic rings. The predicted octanol–water partition coefficient (Wildman–Crippen LogP) is 4.83. The molecule has 4 fully saturated rings. The van der Waals surface area contributed by atoms with Gasteiger partial charge in [0, 0.05) is 6.42 Å². The zero-order valence-electron chi connectivity index (χ0n) is 18.0. The highest BCUT2D eigenvalue weighted by Gasteiger charge is 2.60. The first kappa shape index (κ1) is 20.7. The molecular formula is C24H40O4. The zero-order chi connectivity index (χ0) is 20.3. The monoisotopic (exact) mass is 392 g/mol. The second-order valence-corrected chi connectivity index (χ2v) is 11.4. The maximum absolute atomic E-state index is 11.2. The predicted molar refractivity (Wildman–Crippen MR) is 108 cm³/mol. The molecule has 3 N–H and O–H groups in total. The Kier molecular flexibility index (Phi) is 5.14. The van der Waals surface area contributed by atoms with Crippen LogP contribution in [-0.4, -0.2) is 27.1 Å². The van der Waals surface area contributed by atoms with E-state index in [0.717, 1.165) is 30.1 Å². The van der Waals surface area contributed by atoms with Gasteiger partial charge in [-0.05, 0) is 97.7 Å². The molecule has 0 unspecified atom stereocenters. The Morgan fingerprint density at radius 1 is 0.964 bits per heavy atom. The van der Waals surface area contributed by atoms with Crippen LogP contribution in [0.3, 0.4) is 0 Å². The van der Waals surface area contributed by atoms with Gasteiger partial charge < -0.3 is 15.3 Å². The molecule has 0 aromatic heterocycles. The van der Waals surface area contributed by atoms with Gasteiger partial charge in [-0.15, -0.1) is 0 Å². The number of rotatable bonds is 4. The van der Waals surface area contributed by atoms with E-state index < -0.39 is 11.8 Å². The zero-order valence-corrected chi connectivity index (χ0v) is 18.0. The lowest BCUT2D eigenvalue weighted by molar-refractivity contribution is -0.211. The smallest absolute Gasteiger partial charge is 0.364 e. The van der Waals surface area contributed by atoms with Crippen LogP contribution in [0, 0.1) is 46.3 Å². The molecule has 160 valence electrons. The highest BCUT2D eigenvalue weighted by Crippen LogP contribution is 2.68. The van der Waals surface area contributed by atoms with Crippen molar-refractivity contribution in [1.29, 1.82) is 0 Å². The second kappa shape index (κ2) is 6.97. The number of aliphatic carboxylic acids is 1. The molecule has 0 spiro atoms. The third kappa shape index (κ3) is 3.05. The van der Waals surface area contributed by atoms with Crippen LogP contribution in [-0.2, 0) is 4.79 Å². The number of hydrogen-bond acceptors (Lipinski definition) is 3. The van der Waals surface area contributed by atoms with Crippen LogP contribution in [0.4, 0.5) is 0 Å². The fourth-order valence-corrected chi connectivity index (χ4v) is 8.95. The molecule has 0 heterocycles. The van der Waals surface area contributed by atoms with Crippen molar-refractivity contribution in [2.75, 3.05) is 0 Å². The van der Waals surface area contributed by atoms with Gasteiger partial charge in [0.15, 0.2) is 0 Å². The Hall–Kier alpha value is -0.610. The first-order valence-corrected chi connectivity index (χ1v) is 11.8. The standard InChI is InChI=1S/C24H40O4/c1-15(14-24(27,28)21(25)26)18-9-10-19-17-8-7-16-6-4-5-12-22(16,2)20(17)11-13-23(18,19)3/h15-20,27-28H,4-14H2,1-3H3,(H,25,26)/t15-,16+,17+,18-,19+,20+,22+,23-/m1/s1. The molecule has 0 saturated heterocycles.